The molecule has 4 rings (SSSR count). The van der Waals surface area contributed by atoms with Gasteiger partial charge in [0, 0.05) is 0 Å². The molecule has 0 radical (unpaired) electrons. The Balaban J connectivity index is 1.63. The third-order valence-electron chi connectivity index (χ3n) is 5.26. The molecule has 3 aromatic rings. The van der Waals surface area contributed by atoms with E-state index in [9.17, 15) is 26.7 Å². The van der Waals surface area contributed by atoms with Gasteiger partial charge in [0.05, 0.1) is 18.4 Å². The summed E-state index contributed by atoms with van der Waals surface area (Å²) >= 11 is 4.18. The van der Waals surface area contributed by atoms with Crippen molar-refractivity contribution in [1.82, 2.24) is 0 Å². The van der Waals surface area contributed by atoms with Crippen molar-refractivity contribution in [3.05, 3.63) is 94.9 Å². The average molecular weight is 724 g/mol. The summed E-state index contributed by atoms with van der Waals surface area (Å²) in [6, 6.07) is 11.4. The Morgan fingerprint density at radius 1 is 0.917 bits per heavy atom. The van der Waals surface area contributed by atoms with E-state index in [2.05, 4.69) is 50.3 Å². The summed E-state index contributed by atoms with van der Waals surface area (Å²) in [5.41, 5.74) is 1.24. The molecule has 36 heavy (non-hydrogen) atoms. The van der Waals surface area contributed by atoms with Crippen molar-refractivity contribution in [3.63, 3.8) is 0 Å². The van der Waals surface area contributed by atoms with E-state index in [0.29, 0.717) is 17.9 Å². The van der Waals surface area contributed by atoms with Crippen LogP contribution in [0.5, 0.6) is 5.75 Å². The average Bonchev–Trinajstić information content (AvgIpc) is 3.09. The molecule has 11 heteroatoms. The molecule has 186 valence electrons. The minimum Gasteiger partial charge on any atom is -0.487 e. The molecule has 1 heterocycles. The van der Waals surface area contributed by atoms with E-state index in [1.807, 2.05) is 31.2 Å². The van der Waals surface area contributed by atoms with E-state index in [0.717, 1.165) is 18.3 Å². The molecular weight excluding hydrogens is 709 g/mol. The summed E-state index contributed by atoms with van der Waals surface area (Å²) in [4.78, 5) is 12.9. The lowest BCUT2D eigenvalue weighted by Gasteiger charge is -2.15. The number of benzene rings is 3. The number of halogens is 7. The lowest BCUT2D eigenvalue weighted by molar-refractivity contribution is -0.114. The molecule has 0 unspecified atom stereocenters. The van der Waals surface area contributed by atoms with Gasteiger partial charge < -0.3 is 4.74 Å². The van der Waals surface area contributed by atoms with Gasteiger partial charge in [-0.05, 0) is 88.4 Å². The van der Waals surface area contributed by atoms with Gasteiger partial charge in [-0.15, -0.1) is 0 Å². The zero-order valence-corrected chi connectivity index (χ0v) is 22.9. The zero-order valence-electron chi connectivity index (χ0n) is 18.6. The maximum absolute atomic E-state index is 14.3. The molecule has 0 bridgehead atoms. The third-order valence-corrected chi connectivity index (χ3v) is 6.86. The van der Waals surface area contributed by atoms with Gasteiger partial charge >= 0.3 is 0 Å². The van der Waals surface area contributed by atoms with E-state index >= 15 is 0 Å². The summed E-state index contributed by atoms with van der Waals surface area (Å²) in [7, 11) is 0. The van der Waals surface area contributed by atoms with Gasteiger partial charge in [0.15, 0.2) is 23.3 Å². The number of aryl methyl sites for hydroxylation is 1. The van der Waals surface area contributed by atoms with E-state index in [-0.39, 0.29) is 16.3 Å². The van der Waals surface area contributed by atoms with Gasteiger partial charge in [-0.3, -0.25) is 4.79 Å². The van der Waals surface area contributed by atoms with Crippen LogP contribution in [0.25, 0.3) is 6.08 Å². The molecule has 0 fully saturated rings. The molecule has 0 spiro atoms. The van der Waals surface area contributed by atoms with E-state index in [4.69, 9.17) is 4.74 Å². The van der Waals surface area contributed by atoms with Gasteiger partial charge in [0.2, 0.25) is 5.82 Å². The molecule has 1 aliphatic heterocycles. The van der Waals surface area contributed by atoms with E-state index in [1.54, 1.807) is 12.1 Å². The molecule has 3 aromatic carbocycles. The number of rotatable bonds is 5. The molecule has 4 nitrogen and oxygen atoms in total. The van der Waals surface area contributed by atoms with Crippen molar-refractivity contribution in [2.24, 2.45) is 5.10 Å². The fraction of sp³-hybridized carbons (Fsp3) is 0.120. The molecule has 0 atom stereocenters. The number of carbonyl (C=O) groups is 1. The Labute approximate surface area is 230 Å². The summed E-state index contributed by atoms with van der Waals surface area (Å²) in [5, 5.41) is 3.94. The van der Waals surface area contributed by atoms with Crippen LogP contribution in [0.3, 0.4) is 0 Å². The third kappa shape index (κ3) is 4.99. The van der Waals surface area contributed by atoms with Crippen LogP contribution in [0.2, 0.25) is 0 Å². The predicted molar refractivity (Wildman–Crippen MR) is 142 cm³/mol. The molecule has 0 aromatic heterocycles. The Bertz CT molecular complexity index is 1420. The standard InChI is InChI=1S/C25H15F5I2N2O2/c1-11-4-3-5-13(6-11)10-36-24-16(31)8-14(9-17(24)32)7-15-12(2)33-34(25(15)35)23-21(29)19(27)18(26)20(28)22(23)30/h3-9H,10H2,1-2H3/b15-7+. The molecular formula is C25H15F5I2N2O2. The first-order valence-corrected chi connectivity index (χ1v) is 12.5. The molecule has 0 N–H and O–H groups in total. The number of hydrazone groups is 1. The molecule has 1 amide bonds. The summed E-state index contributed by atoms with van der Waals surface area (Å²) < 4.78 is 76.7. The number of hydrogen-bond acceptors (Lipinski definition) is 3. The second-order valence-corrected chi connectivity index (χ2v) is 10.2. The van der Waals surface area contributed by atoms with Crippen LogP contribution in [-0.2, 0) is 11.4 Å². The first kappa shape index (κ1) is 26.5. The van der Waals surface area contributed by atoms with Crippen molar-refractivity contribution in [2.45, 2.75) is 20.5 Å². The first-order valence-electron chi connectivity index (χ1n) is 10.3. The normalized spacial score (nSPS) is 14.6. The van der Waals surface area contributed by atoms with Crippen LogP contribution in [0.1, 0.15) is 23.6 Å². The van der Waals surface area contributed by atoms with Crippen molar-refractivity contribution in [2.75, 3.05) is 5.01 Å². The Kier molecular flexibility index (Phi) is 7.69. The molecule has 1 aliphatic rings. The SMILES string of the molecule is CC1=NN(c2c(F)c(F)c(F)c(F)c2F)C(=O)/C1=C/c1cc(I)c(OCc2cccc(C)c2)c(I)c1. The van der Waals surface area contributed by atoms with Gasteiger partial charge in [0.1, 0.15) is 18.0 Å². The number of amides is 1. The maximum Gasteiger partial charge on any atom is 0.280 e. The monoisotopic (exact) mass is 724 g/mol. The summed E-state index contributed by atoms with van der Waals surface area (Å²) in [6.45, 7) is 3.74. The Hall–Kier alpha value is -2.55. The summed E-state index contributed by atoms with van der Waals surface area (Å²) in [5.74, 6) is -11.3. The van der Waals surface area contributed by atoms with Crippen molar-refractivity contribution >= 4 is 68.6 Å². The van der Waals surface area contributed by atoms with Gasteiger partial charge in [-0.2, -0.15) is 10.1 Å². The van der Waals surface area contributed by atoms with Crippen molar-refractivity contribution in [1.29, 1.82) is 0 Å². The lowest BCUT2D eigenvalue weighted by atomic mass is 10.1. The number of nitrogens with zero attached hydrogens (tertiary/aromatic N) is 2. The van der Waals surface area contributed by atoms with Crippen LogP contribution in [0, 0.1) is 43.2 Å². The van der Waals surface area contributed by atoms with Gasteiger partial charge in [-0.1, -0.05) is 29.8 Å². The minimum atomic E-state index is -2.31. The quantitative estimate of drug-likeness (QED) is 0.0914. The topological polar surface area (TPSA) is 41.9 Å². The Morgan fingerprint density at radius 3 is 2.08 bits per heavy atom. The van der Waals surface area contributed by atoms with E-state index < -0.39 is 40.7 Å². The fourth-order valence-corrected chi connectivity index (χ4v) is 5.67. The maximum atomic E-state index is 14.3. The van der Waals surface area contributed by atoms with Crippen molar-refractivity contribution < 1.29 is 31.5 Å². The summed E-state index contributed by atoms with van der Waals surface area (Å²) in [6.07, 6.45) is 1.43. The van der Waals surface area contributed by atoms with E-state index in [1.165, 1.54) is 13.0 Å². The largest absolute Gasteiger partial charge is 0.487 e. The van der Waals surface area contributed by atoms with Crippen LogP contribution in [0.4, 0.5) is 27.6 Å². The van der Waals surface area contributed by atoms with Crippen LogP contribution < -0.4 is 9.75 Å². The first-order chi connectivity index (χ1) is 17.0. The number of ether oxygens (including phenoxy) is 1. The van der Waals surface area contributed by atoms with Gasteiger partial charge in [-0.25, -0.2) is 22.0 Å². The van der Waals surface area contributed by atoms with Crippen LogP contribution in [0.15, 0.2) is 47.1 Å². The van der Waals surface area contributed by atoms with Crippen molar-refractivity contribution in [3.8, 4) is 5.75 Å². The highest BCUT2D eigenvalue weighted by Gasteiger charge is 2.37. The number of anilines is 1. The second-order valence-electron chi connectivity index (χ2n) is 7.87. The van der Waals surface area contributed by atoms with Crippen LogP contribution >= 0.6 is 45.2 Å². The highest BCUT2D eigenvalue weighted by Crippen LogP contribution is 2.35. The highest BCUT2D eigenvalue weighted by molar-refractivity contribution is 14.1. The highest BCUT2D eigenvalue weighted by atomic mass is 127. The molecule has 0 saturated heterocycles. The second kappa shape index (κ2) is 10.4. The zero-order chi connectivity index (χ0) is 26.3. The minimum absolute atomic E-state index is 0.0498. The lowest BCUT2D eigenvalue weighted by Crippen LogP contribution is -2.25. The Morgan fingerprint density at radius 2 is 1.50 bits per heavy atom. The molecule has 0 saturated carbocycles. The number of hydrogen-bond donors (Lipinski definition) is 0. The molecule has 0 aliphatic carbocycles. The van der Waals surface area contributed by atoms with Gasteiger partial charge in [0.25, 0.3) is 5.91 Å². The predicted octanol–water partition coefficient (Wildman–Crippen LogP) is 7.28. The fourth-order valence-electron chi connectivity index (χ4n) is 3.54. The number of carbonyl (C=O) groups excluding carboxylic acids is 1. The van der Waals surface area contributed by atoms with Crippen LogP contribution in [-0.4, -0.2) is 11.6 Å². The smallest absolute Gasteiger partial charge is 0.280 e.